The fourth-order valence-corrected chi connectivity index (χ4v) is 3.82. The van der Waals surface area contributed by atoms with Crippen LogP contribution in [-0.4, -0.2) is 53.2 Å². The van der Waals surface area contributed by atoms with Crippen LogP contribution in [0.3, 0.4) is 0 Å². The molecule has 5 heterocycles. The van der Waals surface area contributed by atoms with Crippen LogP contribution < -0.4 is 0 Å². The molecule has 0 amide bonds. The quantitative estimate of drug-likeness (QED) is 0.253. The molecule has 1 aliphatic heterocycles. The lowest BCUT2D eigenvalue weighted by Gasteiger charge is -1.97. The molecule has 0 unspecified atom stereocenters. The third-order valence-corrected chi connectivity index (χ3v) is 5.22. The summed E-state index contributed by atoms with van der Waals surface area (Å²) in [4.78, 5) is 49.2. The third-order valence-electron chi connectivity index (χ3n) is 5.22. The summed E-state index contributed by atoms with van der Waals surface area (Å²) in [5, 5.41) is 29.4. The molecular weight excluding hydrogens is 416 g/mol. The van der Waals surface area contributed by atoms with Gasteiger partial charge in [0.15, 0.2) is 0 Å². The Morgan fingerprint density at radius 1 is 0.531 bits per heavy atom. The topological polar surface area (TPSA) is 172 Å². The molecule has 32 heavy (non-hydrogen) atoms. The van der Waals surface area contributed by atoms with Crippen LogP contribution in [-0.2, 0) is 0 Å². The average Bonchev–Trinajstić information content (AvgIpc) is 3.49. The van der Waals surface area contributed by atoms with Crippen molar-refractivity contribution in [1.82, 2.24) is 19.9 Å². The van der Waals surface area contributed by atoms with E-state index in [4.69, 9.17) is 0 Å². The first-order valence-corrected chi connectivity index (χ1v) is 9.37. The van der Waals surface area contributed by atoms with Gasteiger partial charge in [0.25, 0.3) is 0 Å². The lowest BCUT2D eigenvalue weighted by atomic mass is 10.2. The summed E-state index contributed by atoms with van der Waals surface area (Å²) in [7, 11) is 0. The number of fused-ring (bicyclic) bond motifs is 9. The molecule has 0 spiro atoms. The Morgan fingerprint density at radius 3 is 1.22 bits per heavy atom. The number of hydrogen-bond acceptors (Lipinski definition) is 4. The number of carboxylic acids is 3. The number of H-pyrrole nitrogens is 3. The first kappa shape index (κ1) is 19.1. The van der Waals surface area contributed by atoms with Crippen molar-refractivity contribution in [2.45, 2.75) is 0 Å². The highest BCUT2D eigenvalue weighted by Gasteiger charge is 2.20. The van der Waals surface area contributed by atoms with E-state index in [1.54, 1.807) is 24.3 Å². The van der Waals surface area contributed by atoms with Crippen molar-refractivity contribution in [3.05, 3.63) is 64.5 Å². The summed E-state index contributed by atoms with van der Waals surface area (Å²) in [6, 6.07) is 9.39. The second-order valence-corrected chi connectivity index (χ2v) is 7.11. The fourth-order valence-electron chi connectivity index (χ4n) is 3.82. The van der Waals surface area contributed by atoms with Crippen molar-refractivity contribution in [3.8, 4) is 0 Å². The number of nitrogens with zero attached hydrogens (tertiary/aromatic N) is 1. The lowest BCUT2D eigenvalue weighted by Crippen LogP contribution is -2.02. The third kappa shape index (κ3) is 2.89. The predicted octanol–water partition coefficient (Wildman–Crippen LogP) is 3.79. The van der Waals surface area contributed by atoms with Crippen molar-refractivity contribution >= 4 is 63.2 Å². The normalized spacial score (nSPS) is 11.8. The highest BCUT2D eigenvalue weighted by Crippen LogP contribution is 2.25. The van der Waals surface area contributed by atoms with Crippen molar-refractivity contribution in [2.75, 3.05) is 0 Å². The summed E-state index contributed by atoms with van der Waals surface area (Å²) in [6.07, 6.45) is 2.84. The molecule has 0 radical (unpaired) electrons. The molecule has 0 aliphatic carbocycles. The molecule has 10 nitrogen and oxygen atoms in total. The Labute approximate surface area is 177 Å². The summed E-state index contributed by atoms with van der Waals surface area (Å²) in [5.41, 5.74) is 1.69. The standard InChI is InChI=1S/C22H14N4O6/c27-20(28)17-11-3-1-9(23-11)10-2-4-12(24-10)18(21(29)30)14-6-8-16(26-14)19(22(31)32)15-7-5-13(17)25-15/h1-8,23-25H,(H,27,28)(H,29,30)(H,31,32). The van der Waals surface area contributed by atoms with Crippen LogP contribution in [0.5, 0.6) is 0 Å². The molecule has 8 bridgehead atoms. The van der Waals surface area contributed by atoms with E-state index < -0.39 is 17.9 Å². The highest BCUT2D eigenvalue weighted by atomic mass is 16.4. The maximum Gasteiger partial charge on any atom is 0.340 e. The number of nitrogens with one attached hydrogen (secondary N) is 3. The van der Waals surface area contributed by atoms with Crippen LogP contribution in [0.2, 0.25) is 0 Å². The van der Waals surface area contributed by atoms with Gasteiger partial charge >= 0.3 is 17.9 Å². The van der Waals surface area contributed by atoms with Gasteiger partial charge in [0.2, 0.25) is 0 Å². The summed E-state index contributed by atoms with van der Waals surface area (Å²) >= 11 is 0. The van der Waals surface area contributed by atoms with Gasteiger partial charge in [0, 0.05) is 0 Å². The largest absolute Gasteiger partial charge is 0.478 e. The van der Waals surface area contributed by atoms with Crippen LogP contribution in [0.4, 0.5) is 0 Å². The van der Waals surface area contributed by atoms with Gasteiger partial charge in [-0.05, 0) is 48.6 Å². The van der Waals surface area contributed by atoms with E-state index in [1.807, 2.05) is 0 Å². The fraction of sp³-hybridized carbons (Fsp3) is 0. The molecule has 10 heteroatoms. The Bertz CT molecular complexity index is 1620. The predicted molar refractivity (Wildman–Crippen MR) is 116 cm³/mol. The first-order valence-electron chi connectivity index (χ1n) is 9.37. The number of aromatic carboxylic acids is 3. The van der Waals surface area contributed by atoms with Crippen LogP contribution in [0.15, 0.2) is 36.4 Å². The zero-order valence-electron chi connectivity index (χ0n) is 16.1. The molecule has 0 saturated carbocycles. The summed E-state index contributed by atoms with van der Waals surface area (Å²) in [6.45, 7) is 0. The van der Waals surface area contributed by atoms with Gasteiger partial charge < -0.3 is 30.3 Å². The van der Waals surface area contributed by atoms with Gasteiger partial charge in [-0.3, -0.25) is 0 Å². The van der Waals surface area contributed by atoms with E-state index in [-0.39, 0.29) is 44.6 Å². The molecule has 5 rings (SSSR count). The number of carbonyl (C=O) groups is 3. The molecule has 158 valence electrons. The second-order valence-electron chi connectivity index (χ2n) is 7.11. The Hall–Kier alpha value is -4.86. The molecule has 0 aromatic carbocycles. The smallest absolute Gasteiger partial charge is 0.340 e. The number of rotatable bonds is 3. The zero-order chi connectivity index (χ0) is 22.6. The van der Waals surface area contributed by atoms with Gasteiger partial charge in [-0.25, -0.2) is 19.4 Å². The molecule has 4 aromatic heterocycles. The van der Waals surface area contributed by atoms with Gasteiger partial charge in [0.1, 0.15) is 16.7 Å². The van der Waals surface area contributed by atoms with E-state index in [9.17, 15) is 29.7 Å². The van der Waals surface area contributed by atoms with E-state index in [0.717, 1.165) is 0 Å². The number of hydrogen-bond donors (Lipinski definition) is 6. The number of aromatic nitrogens is 4. The molecule has 0 fully saturated rings. The van der Waals surface area contributed by atoms with Gasteiger partial charge in [-0.2, -0.15) is 0 Å². The van der Waals surface area contributed by atoms with Crippen molar-refractivity contribution in [3.63, 3.8) is 0 Å². The molecule has 0 atom stereocenters. The number of aromatic amines is 3. The average molecular weight is 430 g/mol. The summed E-state index contributed by atoms with van der Waals surface area (Å²) < 4.78 is 0. The molecular formula is C22H14N4O6. The molecule has 1 aliphatic rings. The number of carboxylic acid groups (broad SMARTS) is 3. The summed E-state index contributed by atoms with van der Waals surface area (Å²) in [5.74, 6) is -3.75. The van der Waals surface area contributed by atoms with Crippen LogP contribution >= 0.6 is 0 Å². The highest BCUT2D eigenvalue weighted by molar-refractivity contribution is 6.06. The maximum absolute atomic E-state index is 12.0. The van der Waals surface area contributed by atoms with Crippen LogP contribution in [0, 0.1) is 0 Å². The monoisotopic (exact) mass is 430 g/mol. The van der Waals surface area contributed by atoms with E-state index >= 15 is 0 Å². The Balaban J connectivity index is 2.06. The lowest BCUT2D eigenvalue weighted by molar-refractivity contribution is 0.0688. The molecule has 6 N–H and O–H groups in total. The van der Waals surface area contributed by atoms with E-state index in [0.29, 0.717) is 16.6 Å². The van der Waals surface area contributed by atoms with E-state index in [2.05, 4.69) is 19.9 Å². The first-order chi connectivity index (χ1) is 15.3. The van der Waals surface area contributed by atoms with Gasteiger partial charge in [-0.1, -0.05) is 0 Å². The minimum absolute atomic E-state index is 0.0414. The second kappa shape index (κ2) is 6.84. The zero-order valence-corrected chi connectivity index (χ0v) is 16.1. The van der Waals surface area contributed by atoms with E-state index in [1.165, 1.54) is 24.3 Å². The molecule has 4 aromatic rings. The van der Waals surface area contributed by atoms with Gasteiger partial charge in [-0.15, -0.1) is 0 Å². The Morgan fingerprint density at radius 2 is 0.844 bits per heavy atom. The molecule has 0 saturated heterocycles. The minimum atomic E-state index is -1.30. The SMILES string of the molecule is O=C(O)c1c2nc(c(C(=O)O)c3ccc([nH]3)c3ccc([nH]3)c(C(=O)O)c3ccc1[nH]3)C=C2. The van der Waals surface area contributed by atoms with Crippen molar-refractivity contribution < 1.29 is 29.7 Å². The van der Waals surface area contributed by atoms with Gasteiger partial charge in [0.05, 0.1) is 44.5 Å². The Kier molecular flexibility index (Phi) is 4.09. The minimum Gasteiger partial charge on any atom is -0.478 e. The van der Waals surface area contributed by atoms with Crippen molar-refractivity contribution in [2.24, 2.45) is 0 Å². The van der Waals surface area contributed by atoms with Crippen LogP contribution in [0.25, 0.3) is 45.3 Å². The maximum atomic E-state index is 12.0. The van der Waals surface area contributed by atoms with Crippen LogP contribution in [0.1, 0.15) is 42.5 Å². The van der Waals surface area contributed by atoms with Crippen molar-refractivity contribution in [1.29, 1.82) is 0 Å².